The lowest BCUT2D eigenvalue weighted by Gasteiger charge is -2.64. The molecule has 10 heteroatoms. The Hall–Kier alpha value is -0.540. The largest absolute Gasteiger partial charge is 0.472 e. The molecule has 0 radical (unpaired) electrons. The van der Waals surface area contributed by atoms with E-state index in [1.807, 2.05) is 7.11 Å². The Morgan fingerprint density at radius 2 is 1.81 bits per heavy atom. The Labute approximate surface area is 214 Å². The first-order valence-corrected chi connectivity index (χ1v) is 15.1. The molecule has 4 N–H and O–H groups in total. The topological polar surface area (TPSA) is 143 Å². The van der Waals surface area contributed by atoms with Crippen LogP contribution in [0, 0.1) is 46.3 Å². The van der Waals surface area contributed by atoms with Crippen molar-refractivity contribution in [2.45, 2.75) is 96.9 Å². The molecule has 11 unspecified atom stereocenters. The molecule has 4 rings (SSSR count). The molecule has 0 amide bonds. The molecule has 36 heavy (non-hydrogen) atoms. The minimum absolute atomic E-state index is 0.115. The molecule has 4 fully saturated rings. The van der Waals surface area contributed by atoms with Crippen LogP contribution in [0.15, 0.2) is 0 Å². The van der Waals surface area contributed by atoms with Crippen molar-refractivity contribution in [1.29, 1.82) is 0 Å². The van der Waals surface area contributed by atoms with Gasteiger partial charge in [-0.2, -0.15) is 0 Å². The third kappa shape index (κ3) is 5.18. The van der Waals surface area contributed by atoms with Gasteiger partial charge in [0, 0.05) is 13.5 Å². The first kappa shape index (κ1) is 28.5. The second-order valence-electron chi connectivity index (χ2n) is 12.5. The number of phosphoric acid groups is 1. The summed E-state index contributed by atoms with van der Waals surface area (Å²) in [6.45, 7) is 5.99. The smallest absolute Gasteiger partial charge is 0.438 e. The predicted molar refractivity (Wildman–Crippen MR) is 131 cm³/mol. The molecular formula is C26H45O9P. The highest BCUT2D eigenvalue weighted by Gasteiger charge is 2.66. The fraction of sp³-hybridized carbons (Fsp3) is 0.962. The maximum Gasteiger partial charge on any atom is 0.472 e. The Morgan fingerprint density at radius 3 is 2.47 bits per heavy atom. The lowest BCUT2D eigenvalue weighted by Crippen LogP contribution is -2.62. The van der Waals surface area contributed by atoms with Crippen LogP contribution < -0.4 is 0 Å². The van der Waals surface area contributed by atoms with E-state index in [0.717, 1.165) is 44.9 Å². The molecule has 0 aromatic carbocycles. The fourth-order valence-electron chi connectivity index (χ4n) is 9.14. The summed E-state index contributed by atoms with van der Waals surface area (Å²) in [4.78, 5) is 29.5. The first-order valence-electron chi connectivity index (χ1n) is 13.6. The van der Waals surface area contributed by atoms with Gasteiger partial charge in [0.15, 0.2) is 0 Å². The molecule has 0 spiro atoms. The van der Waals surface area contributed by atoms with Gasteiger partial charge < -0.3 is 29.5 Å². The van der Waals surface area contributed by atoms with Crippen molar-refractivity contribution in [3.63, 3.8) is 0 Å². The van der Waals surface area contributed by atoms with Crippen molar-refractivity contribution in [3.8, 4) is 0 Å². The van der Waals surface area contributed by atoms with Gasteiger partial charge in [0.25, 0.3) is 0 Å². The number of phosphoric ester groups is 1. The summed E-state index contributed by atoms with van der Waals surface area (Å²) in [7, 11) is -2.87. The van der Waals surface area contributed by atoms with Crippen LogP contribution in [0.5, 0.6) is 0 Å². The third-order valence-electron chi connectivity index (χ3n) is 11.0. The maximum absolute atomic E-state index is 12.1. The van der Waals surface area contributed by atoms with Crippen molar-refractivity contribution < 1.29 is 43.4 Å². The Bertz CT molecular complexity index is 847. The predicted octanol–water partition coefficient (Wildman–Crippen LogP) is 3.63. The van der Waals surface area contributed by atoms with Crippen LogP contribution in [-0.2, 0) is 23.4 Å². The molecule has 4 saturated carbocycles. The summed E-state index contributed by atoms with van der Waals surface area (Å²) >= 11 is 0. The zero-order valence-electron chi connectivity index (χ0n) is 22.0. The van der Waals surface area contributed by atoms with Crippen LogP contribution in [0.3, 0.4) is 0 Å². The highest BCUT2D eigenvalue weighted by atomic mass is 31.2. The van der Waals surface area contributed by atoms with Gasteiger partial charge in [-0.3, -0.25) is 4.79 Å². The SMILES string of the molecule is COC1CC2CC(O)CCC2(C)C2CC(O)C3(C)C(C(C)CCC(=O)OCOP(=O)(O)O)CCC3C12. The lowest BCUT2D eigenvalue weighted by molar-refractivity contribution is -0.212. The van der Waals surface area contributed by atoms with Crippen LogP contribution in [0.2, 0.25) is 0 Å². The quantitative estimate of drug-likeness (QED) is 0.209. The standard InChI is InChI=1S/C26H45O9P/c1-15(5-8-23(29)34-14-35-36(30,31)32)18-6-7-19-24-20(13-22(28)26(18,19)3)25(2)10-9-17(27)11-16(25)12-21(24)33-4/h15-22,24,27-28H,5-14H2,1-4H3,(H2,30,31,32). The van der Waals surface area contributed by atoms with Crippen LogP contribution in [0.25, 0.3) is 0 Å². The van der Waals surface area contributed by atoms with E-state index in [-0.39, 0.29) is 41.3 Å². The number of carbonyl (C=O) groups is 1. The molecule has 0 aliphatic heterocycles. The van der Waals surface area contributed by atoms with E-state index < -0.39 is 26.7 Å². The lowest BCUT2D eigenvalue weighted by atomic mass is 9.43. The maximum atomic E-state index is 12.1. The molecular weight excluding hydrogens is 487 g/mol. The van der Waals surface area contributed by atoms with E-state index in [0.29, 0.717) is 30.1 Å². The fourth-order valence-corrected chi connectivity index (χ4v) is 9.33. The number of ether oxygens (including phenoxy) is 2. The number of rotatable bonds is 8. The summed E-state index contributed by atoms with van der Waals surface area (Å²) < 4.78 is 25.9. The Kier molecular flexibility index (Phi) is 8.35. The molecule has 4 aliphatic rings. The van der Waals surface area contributed by atoms with Crippen molar-refractivity contribution in [3.05, 3.63) is 0 Å². The minimum atomic E-state index is -4.67. The van der Waals surface area contributed by atoms with Crippen LogP contribution >= 0.6 is 7.82 Å². The number of hydrogen-bond donors (Lipinski definition) is 4. The molecule has 11 atom stereocenters. The van der Waals surface area contributed by atoms with Gasteiger partial charge >= 0.3 is 13.8 Å². The second kappa shape index (κ2) is 10.6. The molecule has 0 saturated heterocycles. The van der Waals surface area contributed by atoms with Gasteiger partial charge in [0.05, 0.1) is 18.3 Å². The summed E-state index contributed by atoms with van der Waals surface area (Å²) in [6, 6.07) is 0. The molecule has 0 heterocycles. The molecule has 0 aromatic heterocycles. The number of carbonyl (C=O) groups excluding carboxylic acids is 1. The summed E-state index contributed by atoms with van der Waals surface area (Å²) in [5.41, 5.74) is -0.147. The van der Waals surface area contributed by atoms with Gasteiger partial charge in [-0.05, 0) is 97.7 Å². The number of fused-ring (bicyclic) bond motifs is 5. The van der Waals surface area contributed by atoms with E-state index in [1.165, 1.54) is 0 Å². The van der Waals surface area contributed by atoms with Crippen LogP contribution in [0.1, 0.15) is 78.6 Å². The van der Waals surface area contributed by atoms with Gasteiger partial charge in [-0.25, -0.2) is 9.09 Å². The van der Waals surface area contributed by atoms with Crippen LogP contribution in [0.4, 0.5) is 0 Å². The van der Waals surface area contributed by atoms with E-state index >= 15 is 0 Å². The Balaban J connectivity index is 1.45. The Morgan fingerprint density at radius 1 is 1.08 bits per heavy atom. The number of esters is 1. The highest BCUT2D eigenvalue weighted by Crippen LogP contribution is 2.68. The number of hydrogen-bond acceptors (Lipinski definition) is 7. The van der Waals surface area contributed by atoms with Crippen molar-refractivity contribution in [1.82, 2.24) is 0 Å². The normalized spacial score (nSPS) is 45.3. The van der Waals surface area contributed by atoms with Gasteiger partial charge in [-0.1, -0.05) is 20.8 Å². The number of aliphatic hydroxyl groups is 2. The minimum Gasteiger partial charge on any atom is -0.438 e. The van der Waals surface area contributed by atoms with Crippen molar-refractivity contribution >= 4 is 13.8 Å². The van der Waals surface area contributed by atoms with Crippen LogP contribution in [-0.4, -0.2) is 58.2 Å². The molecule has 9 nitrogen and oxygen atoms in total. The highest BCUT2D eigenvalue weighted by molar-refractivity contribution is 7.46. The monoisotopic (exact) mass is 532 g/mol. The third-order valence-corrected chi connectivity index (χ3v) is 11.5. The molecule has 208 valence electrons. The number of aliphatic hydroxyl groups excluding tert-OH is 2. The zero-order valence-corrected chi connectivity index (χ0v) is 22.9. The number of methoxy groups -OCH3 is 1. The van der Waals surface area contributed by atoms with Gasteiger partial charge in [-0.15, -0.1) is 0 Å². The second-order valence-corrected chi connectivity index (χ2v) is 13.7. The summed E-state index contributed by atoms with van der Waals surface area (Å²) in [5, 5.41) is 22.1. The van der Waals surface area contributed by atoms with Gasteiger partial charge in [0.2, 0.25) is 6.79 Å². The molecule has 0 aromatic rings. The van der Waals surface area contributed by atoms with E-state index in [1.54, 1.807) is 0 Å². The van der Waals surface area contributed by atoms with E-state index in [4.69, 9.17) is 19.3 Å². The average Bonchev–Trinajstić information content (AvgIpc) is 3.16. The van der Waals surface area contributed by atoms with E-state index in [2.05, 4.69) is 25.3 Å². The summed E-state index contributed by atoms with van der Waals surface area (Å²) in [6.07, 6.45) is 6.60. The average molecular weight is 533 g/mol. The zero-order chi connectivity index (χ0) is 26.5. The molecule has 0 bridgehead atoms. The van der Waals surface area contributed by atoms with Crippen molar-refractivity contribution in [2.24, 2.45) is 46.3 Å². The van der Waals surface area contributed by atoms with Gasteiger partial charge in [0.1, 0.15) is 0 Å². The summed E-state index contributed by atoms with van der Waals surface area (Å²) in [5.74, 6) is 1.40. The van der Waals surface area contributed by atoms with E-state index in [9.17, 15) is 19.6 Å². The first-order chi connectivity index (χ1) is 16.8. The molecule has 4 aliphatic carbocycles. The van der Waals surface area contributed by atoms with Crippen molar-refractivity contribution in [2.75, 3.05) is 13.9 Å².